The SMILES string of the molecule is CC(C)Oc1ccc(C(=O)NNCc2ccc(-c3c[n+](C)c(C(C)(C)C)[nH]3)cc2)cc1Cl. The molecule has 0 aliphatic heterocycles. The Morgan fingerprint density at radius 1 is 1.16 bits per heavy atom. The molecule has 0 saturated heterocycles. The normalized spacial score (nSPS) is 11.6. The van der Waals surface area contributed by atoms with E-state index in [1.54, 1.807) is 18.2 Å². The van der Waals surface area contributed by atoms with Gasteiger partial charge < -0.3 is 4.74 Å². The van der Waals surface area contributed by atoms with E-state index in [1.165, 1.54) is 5.82 Å². The van der Waals surface area contributed by atoms with E-state index in [1.807, 2.05) is 26.0 Å². The second-order valence-corrected chi connectivity index (χ2v) is 9.60. The van der Waals surface area contributed by atoms with Crippen LogP contribution in [0.15, 0.2) is 48.7 Å². The molecule has 3 rings (SSSR count). The summed E-state index contributed by atoms with van der Waals surface area (Å²) >= 11 is 6.22. The van der Waals surface area contributed by atoms with Crippen LogP contribution in [0.25, 0.3) is 11.3 Å². The van der Waals surface area contributed by atoms with Gasteiger partial charge in [0.2, 0.25) is 0 Å². The fourth-order valence-electron chi connectivity index (χ4n) is 3.46. The summed E-state index contributed by atoms with van der Waals surface area (Å²) < 4.78 is 7.73. The van der Waals surface area contributed by atoms with Crippen molar-refractivity contribution in [3.8, 4) is 17.0 Å². The highest BCUT2D eigenvalue weighted by atomic mass is 35.5. The lowest BCUT2D eigenvalue weighted by Gasteiger charge is -2.12. The topological polar surface area (TPSA) is 70.0 Å². The Kier molecular flexibility index (Phi) is 7.26. The highest BCUT2D eigenvalue weighted by Crippen LogP contribution is 2.26. The Labute approximate surface area is 194 Å². The summed E-state index contributed by atoms with van der Waals surface area (Å²) in [6, 6.07) is 13.2. The fraction of sp³-hybridized carbons (Fsp3) is 0.360. The molecule has 6 nitrogen and oxygen atoms in total. The third kappa shape index (κ3) is 5.90. The summed E-state index contributed by atoms with van der Waals surface area (Å²) in [5.74, 6) is 1.48. The van der Waals surface area contributed by atoms with Crippen LogP contribution in [0.1, 0.15) is 56.4 Å². The number of H-pyrrole nitrogens is 1. The second kappa shape index (κ2) is 9.76. The van der Waals surface area contributed by atoms with Crippen LogP contribution in [0, 0.1) is 0 Å². The van der Waals surface area contributed by atoms with Gasteiger partial charge in [-0.25, -0.2) is 15.0 Å². The van der Waals surface area contributed by atoms with Crippen molar-refractivity contribution < 1.29 is 14.1 Å². The molecule has 0 atom stereocenters. The number of carbonyl (C=O) groups is 1. The van der Waals surface area contributed by atoms with E-state index in [2.05, 4.69) is 66.6 Å². The van der Waals surface area contributed by atoms with Crippen LogP contribution in [0.5, 0.6) is 5.75 Å². The maximum Gasteiger partial charge on any atom is 0.265 e. The summed E-state index contributed by atoms with van der Waals surface area (Å²) in [6.45, 7) is 10.9. The molecule has 3 N–H and O–H groups in total. The maximum atomic E-state index is 12.4. The first-order chi connectivity index (χ1) is 15.0. The Balaban J connectivity index is 1.57. The summed E-state index contributed by atoms with van der Waals surface area (Å²) in [5, 5.41) is 0.411. The number of hydrogen-bond acceptors (Lipinski definition) is 3. The molecule has 1 aromatic heterocycles. The third-order valence-electron chi connectivity index (χ3n) is 4.96. The molecule has 32 heavy (non-hydrogen) atoms. The van der Waals surface area contributed by atoms with Crippen molar-refractivity contribution >= 4 is 17.5 Å². The van der Waals surface area contributed by atoms with Crippen LogP contribution in [-0.4, -0.2) is 17.0 Å². The Bertz CT molecular complexity index is 1080. The number of benzene rings is 2. The first-order valence-corrected chi connectivity index (χ1v) is 11.1. The van der Waals surface area contributed by atoms with E-state index in [0.717, 1.165) is 16.8 Å². The number of aromatic nitrogens is 2. The number of carbonyl (C=O) groups excluding carboxylic acids is 1. The van der Waals surface area contributed by atoms with Crippen LogP contribution >= 0.6 is 11.6 Å². The lowest BCUT2D eigenvalue weighted by molar-refractivity contribution is -0.681. The average molecular weight is 456 g/mol. The quantitative estimate of drug-likeness (QED) is 0.358. The van der Waals surface area contributed by atoms with Gasteiger partial charge >= 0.3 is 0 Å². The van der Waals surface area contributed by atoms with Crippen molar-refractivity contribution in [1.29, 1.82) is 0 Å². The molecule has 0 saturated carbocycles. The third-order valence-corrected chi connectivity index (χ3v) is 5.25. The number of amides is 1. The molecule has 2 aromatic carbocycles. The molecule has 0 aliphatic rings. The summed E-state index contributed by atoms with van der Waals surface area (Å²) in [6.07, 6.45) is 2.12. The predicted octanol–water partition coefficient (Wildman–Crippen LogP) is 4.68. The van der Waals surface area contributed by atoms with Crippen LogP contribution in [0.2, 0.25) is 5.02 Å². The number of rotatable bonds is 7. The van der Waals surface area contributed by atoms with Crippen molar-refractivity contribution in [2.45, 2.75) is 52.7 Å². The Morgan fingerprint density at radius 2 is 1.84 bits per heavy atom. The van der Waals surface area contributed by atoms with Crippen LogP contribution < -0.4 is 20.2 Å². The monoisotopic (exact) mass is 455 g/mol. The summed E-state index contributed by atoms with van der Waals surface area (Å²) in [4.78, 5) is 15.9. The van der Waals surface area contributed by atoms with Crippen molar-refractivity contribution in [2.24, 2.45) is 7.05 Å². The minimum absolute atomic E-state index is 0.0144. The minimum Gasteiger partial charge on any atom is -0.489 e. The zero-order chi connectivity index (χ0) is 23.5. The first kappa shape index (κ1) is 23.8. The van der Waals surface area contributed by atoms with Crippen molar-refractivity contribution in [3.05, 3.63) is 70.6 Å². The van der Waals surface area contributed by atoms with Crippen LogP contribution in [-0.2, 0) is 19.0 Å². The second-order valence-electron chi connectivity index (χ2n) is 9.19. The molecule has 7 heteroatoms. The Morgan fingerprint density at radius 3 is 2.41 bits per heavy atom. The number of aromatic amines is 1. The van der Waals surface area contributed by atoms with E-state index in [9.17, 15) is 4.79 Å². The van der Waals surface area contributed by atoms with E-state index >= 15 is 0 Å². The van der Waals surface area contributed by atoms with Crippen molar-refractivity contribution in [1.82, 2.24) is 15.8 Å². The van der Waals surface area contributed by atoms with Gasteiger partial charge in [-0.2, -0.15) is 0 Å². The van der Waals surface area contributed by atoms with E-state index in [0.29, 0.717) is 22.9 Å². The molecule has 0 fully saturated rings. The number of halogens is 1. The number of nitrogens with one attached hydrogen (secondary N) is 3. The molecule has 0 unspecified atom stereocenters. The zero-order valence-corrected chi connectivity index (χ0v) is 20.3. The van der Waals surface area contributed by atoms with Gasteiger partial charge in [0, 0.05) is 17.7 Å². The summed E-state index contributed by atoms with van der Waals surface area (Å²) in [5.41, 5.74) is 9.43. The largest absolute Gasteiger partial charge is 0.489 e. The molecular formula is C25H32ClN4O2+. The van der Waals surface area contributed by atoms with E-state index in [4.69, 9.17) is 16.3 Å². The number of ether oxygens (including phenoxy) is 1. The number of imidazole rings is 1. The van der Waals surface area contributed by atoms with Crippen molar-refractivity contribution in [2.75, 3.05) is 0 Å². The van der Waals surface area contributed by atoms with Gasteiger partial charge in [0.1, 0.15) is 11.9 Å². The van der Waals surface area contributed by atoms with Crippen LogP contribution in [0.3, 0.4) is 0 Å². The smallest absolute Gasteiger partial charge is 0.265 e. The predicted molar refractivity (Wildman–Crippen MR) is 128 cm³/mol. The highest BCUT2D eigenvalue weighted by Gasteiger charge is 2.27. The number of hydrazine groups is 1. The maximum absolute atomic E-state index is 12.4. The van der Waals surface area contributed by atoms with Gasteiger partial charge in [-0.05, 0) is 58.4 Å². The first-order valence-electron chi connectivity index (χ1n) is 10.7. The van der Waals surface area contributed by atoms with E-state index in [-0.39, 0.29) is 17.4 Å². The molecule has 0 radical (unpaired) electrons. The van der Waals surface area contributed by atoms with Gasteiger partial charge in [0.05, 0.1) is 23.6 Å². The minimum atomic E-state index is -0.256. The Hall–Kier alpha value is -2.83. The fourth-order valence-corrected chi connectivity index (χ4v) is 3.69. The van der Waals surface area contributed by atoms with Gasteiger partial charge in [-0.3, -0.25) is 10.2 Å². The molecule has 0 spiro atoms. The lowest BCUT2D eigenvalue weighted by Crippen LogP contribution is -2.37. The van der Waals surface area contributed by atoms with Crippen LogP contribution in [0.4, 0.5) is 0 Å². The lowest BCUT2D eigenvalue weighted by atomic mass is 9.96. The molecule has 0 aliphatic carbocycles. The zero-order valence-electron chi connectivity index (χ0n) is 19.5. The molecule has 1 heterocycles. The van der Waals surface area contributed by atoms with Gasteiger partial charge in [-0.15, -0.1) is 0 Å². The number of aryl methyl sites for hydroxylation is 1. The number of nitrogens with zero attached hydrogens (tertiary/aromatic N) is 1. The van der Waals surface area contributed by atoms with Gasteiger partial charge in [-0.1, -0.05) is 35.9 Å². The number of hydrogen-bond donors (Lipinski definition) is 3. The van der Waals surface area contributed by atoms with E-state index < -0.39 is 0 Å². The average Bonchev–Trinajstić information content (AvgIpc) is 3.12. The molecule has 3 aromatic rings. The van der Waals surface area contributed by atoms with Crippen molar-refractivity contribution in [3.63, 3.8) is 0 Å². The molecule has 170 valence electrons. The molecular weight excluding hydrogens is 424 g/mol. The summed E-state index contributed by atoms with van der Waals surface area (Å²) in [7, 11) is 2.06. The highest BCUT2D eigenvalue weighted by molar-refractivity contribution is 6.32. The standard InChI is InChI=1S/C25H31ClN4O2/c1-16(2)32-22-12-11-19(13-20(22)26)23(31)29-27-14-17-7-9-18(10-8-17)21-15-30(6)24(28-21)25(3,4)5/h7-13,15-16,27H,14H2,1-6H3,(H,29,31)/p+1. The van der Waals surface area contributed by atoms with Gasteiger partial charge in [0.15, 0.2) is 5.69 Å². The molecule has 0 bridgehead atoms. The van der Waals surface area contributed by atoms with Gasteiger partial charge in [0.25, 0.3) is 11.7 Å². The molecule has 1 amide bonds.